The monoisotopic (exact) mass is 500 g/mol. The standard InChI is InChI=1S/C33H40O4/c1-7-28-22(3)23(4)32(36-20-27-16-12-9-13-17-27)33(37-28)30-21(2)18-29(31(24(30)5)25(6)34)35-19-26-14-10-8-11-15-26/h8-18,22-23,28,32-33H,7,19-20H2,1-6H3. The minimum atomic E-state index is -0.263. The Labute approximate surface area is 222 Å². The van der Waals surface area contributed by atoms with Gasteiger partial charge in [0, 0.05) is 0 Å². The smallest absolute Gasteiger partial charge is 0.163 e. The molecule has 1 saturated heterocycles. The van der Waals surface area contributed by atoms with E-state index in [1.54, 1.807) is 6.92 Å². The number of rotatable bonds is 9. The summed E-state index contributed by atoms with van der Waals surface area (Å²) in [6.07, 6.45) is 0.668. The van der Waals surface area contributed by atoms with Crippen LogP contribution in [0.3, 0.4) is 0 Å². The third-order valence-electron chi connectivity index (χ3n) is 7.91. The number of carbonyl (C=O) groups excluding carboxylic acids is 1. The lowest BCUT2D eigenvalue weighted by Gasteiger charge is -2.45. The first-order valence-corrected chi connectivity index (χ1v) is 13.4. The van der Waals surface area contributed by atoms with Gasteiger partial charge >= 0.3 is 0 Å². The van der Waals surface area contributed by atoms with E-state index in [9.17, 15) is 4.79 Å². The highest BCUT2D eigenvalue weighted by molar-refractivity contribution is 5.99. The Morgan fingerprint density at radius 3 is 2.05 bits per heavy atom. The summed E-state index contributed by atoms with van der Waals surface area (Å²) in [5, 5.41) is 0. The Kier molecular flexibility index (Phi) is 8.83. The number of benzene rings is 3. The van der Waals surface area contributed by atoms with Gasteiger partial charge in [-0.25, -0.2) is 0 Å². The normalized spacial score (nSPS) is 23.6. The minimum absolute atomic E-state index is 0.00664. The molecule has 0 spiro atoms. The molecule has 4 nitrogen and oxygen atoms in total. The number of Topliss-reactive ketones (excluding diaryl/α,β-unsaturated/α-hetero) is 1. The van der Waals surface area contributed by atoms with Crippen molar-refractivity contribution in [3.63, 3.8) is 0 Å². The Hall–Kier alpha value is -2.95. The summed E-state index contributed by atoms with van der Waals surface area (Å²) >= 11 is 0. The number of ether oxygens (including phenoxy) is 3. The number of hydrogen-bond donors (Lipinski definition) is 0. The highest BCUT2D eigenvalue weighted by atomic mass is 16.6. The zero-order valence-corrected chi connectivity index (χ0v) is 23.0. The van der Waals surface area contributed by atoms with Crippen LogP contribution in [-0.2, 0) is 22.7 Å². The molecule has 0 saturated carbocycles. The van der Waals surface area contributed by atoms with Crippen LogP contribution in [0.4, 0.5) is 0 Å². The van der Waals surface area contributed by atoms with E-state index >= 15 is 0 Å². The molecule has 3 aromatic carbocycles. The molecular weight excluding hydrogens is 460 g/mol. The van der Waals surface area contributed by atoms with Crippen LogP contribution in [0.25, 0.3) is 0 Å². The quantitative estimate of drug-likeness (QED) is 0.281. The van der Waals surface area contributed by atoms with Gasteiger partial charge in [-0.05, 0) is 72.9 Å². The molecule has 1 aliphatic heterocycles. The van der Waals surface area contributed by atoms with E-state index in [4.69, 9.17) is 14.2 Å². The number of ketones is 1. The summed E-state index contributed by atoms with van der Waals surface area (Å²) in [6.45, 7) is 13.4. The fraction of sp³-hybridized carbons (Fsp3) is 0.424. The molecule has 0 aromatic heterocycles. The van der Waals surface area contributed by atoms with Gasteiger partial charge in [0.2, 0.25) is 0 Å². The molecule has 0 bridgehead atoms. The summed E-state index contributed by atoms with van der Waals surface area (Å²) in [5.74, 6) is 1.28. The van der Waals surface area contributed by atoms with Gasteiger partial charge in [0.1, 0.15) is 18.5 Å². The van der Waals surface area contributed by atoms with E-state index in [2.05, 4.69) is 39.8 Å². The molecule has 1 aliphatic rings. The third kappa shape index (κ3) is 5.97. The molecule has 1 fully saturated rings. The Bertz CT molecular complexity index is 1190. The summed E-state index contributed by atoms with van der Waals surface area (Å²) in [5.41, 5.74) is 5.86. The van der Waals surface area contributed by atoms with Crippen LogP contribution in [0.1, 0.15) is 78.4 Å². The predicted molar refractivity (Wildman–Crippen MR) is 148 cm³/mol. The Morgan fingerprint density at radius 2 is 1.49 bits per heavy atom. The number of carbonyl (C=O) groups is 1. The lowest BCUT2D eigenvalue weighted by Crippen LogP contribution is -2.46. The maximum atomic E-state index is 12.9. The van der Waals surface area contributed by atoms with Crippen molar-refractivity contribution in [1.82, 2.24) is 0 Å². The van der Waals surface area contributed by atoms with Crippen LogP contribution in [0.15, 0.2) is 66.7 Å². The fourth-order valence-corrected chi connectivity index (χ4v) is 5.70. The molecule has 5 atom stereocenters. The first-order valence-electron chi connectivity index (χ1n) is 13.4. The van der Waals surface area contributed by atoms with Gasteiger partial charge in [0.25, 0.3) is 0 Å². The molecule has 4 heteroatoms. The van der Waals surface area contributed by atoms with Crippen molar-refractivity contribution in [2.24, 2.45) is 11.8 Å². The lowest BCUT2D eigenvalue weighted by atomic mass is 9.77. The minimum Gasteiger partial charge on any atom is -0.488 e. The Balaban J connectivity index is 1.71. The molecular formula is C33H40O4. The summed E-state index contributed by atoms with van der Waals surface area (Å²) in [4.78, 5) is 12.9. The van der Waals surface area contributed by atoms with E-state index in [-0.39, 0.29) is 24.1 Å². The molecule has 0 radical (unpaired) electrons. The first kappa shape index (κ1) is 27.1. The van der Waals surface area contributed by atoms with Gasteiger partial charge in [-0.1, -0.05) is 81.4 Å². The van der Waals surface area contributed by atoms with E-state index in [1.165, 1.54) is 0 Å². The number of aryl methyl sites for hydroxylation is 1. The molecule has 5 unspecified atom stereocenters. The average molecular weight is 501 g/mol. The van der Waals surface area contributed by atoms with Crippen LogP contribution >= 0.6 is 0 Å². The zero-order chi connectivity index (χ0) is 26.5. The lowest BCUT2D eigenvalue weighted by molar-refractivity contribution is -0.194. The van der Waals surface area contributed by atoms with Crippen molar-refractivity contribution in [2.45, 2.75) is 79.5 Å². The van der Waals surface area contributed by atoms with Crippen molar-refractivity contribution < 1.29 is 19.0 Å². The van der Waals surface area contributed by atoms with E-state index < -0.39 is 0 Å². The second-order valence-corrected chi connectivity index (χ2v) is 10.4. The SMILES string of the molecule is CCC1OC(c2c(C)cc(OCc3ccccc3)c(C(C)=O)c2C)C(OCc2ccccc2)C(C)C1C. The second-order valence-electron chi connectivity index (χ2n) is 10.4. The molecule has 3 aromatic rings. The van der Waals surface area contributed by atoms with Crippen molar-refractivity contribution in [1.29, 1.82) is 0 Å². The van der Waals surface area contributed by atoms with Gasteiger partial charge in [-0.2, -0.15) is 0 Å². The van der Waals surface area contributed by atoms with Gasteiger partial charge in [0.05, 0.1) is 24.4 Å². The van der Waals surface area contributed by atoms with Crippen LogP contribution < -0.4 is 4.74 Å². The van der Waals surface area contributed by atoms with Crippen LogP contribution in [0.5, 0.6) is 5.75 Å². The van der Waals surface area contributed by atoms with Crippen LogP contribution in [0, 0.1) is 25.7 Å². The molecule has 196 valence electrons. The summed E-state index contributed by atoms with van der Waals surface area (Å²) in [6, 6.07) is 22.3. The maximum absolute atomic E-state index is 12.9. The molecule has 0 aliphatic carbocycles. The largest absolute Gasteiger partial charge is 0.488 e. The van der Waals surface area contributed by atoms with Crippen molar-refractivity contribution in [2.75, 3.05) is 0 Å². The highest BCUT2D eigenvalue weighted by Gasteiger charge is 2.43. The van der Waals surface area contributed by atoms with Gasteiger partial charge in [-0.15, -0.1) is 0 Å². The fourth-order valence-electron chi connectivity index (χ4n) is 5.70. The van der Waals surface area contributed by atoms with E-state index in [1.807, 2.05) is 61.5 Å². The van der Waals surface area contributed by atoms with E-state index in [0.717, 1.165) is 34.2 Å². The van der Waals surface area contributed by atoms with E-state index in [0.29, 0.717) is 36.4 Å². The predicted octanol–water partition coefficient (Wildman–Crippen LogP) is 7.79. The maximum Gasteiger partial charge on any atom is 0.163 e. The van der Waals surface area contributed by atoms with Crippen molar-refractivity contribution in [3.05, 3.63) is 100 Å². The van der Waals surface area contributed by atoms with Gasteiger partial charge < -0.3 is 14.2 Å². The Morgan fingerprint density at radius 1 is 0.892 bits per heavy atom. The van der Waals surface area contributed by atoms with Crippen LogP contribution in [0.2, 0.25) is 0 Å². The topological polar surface area (TPSA) is 44.8 Å². The summed E-state index contributed by atoms with van der Waals surface area (Å²) in [7, 11) is 0. The molecule has 4 rings (SSSR count). The molecule has 1 heterocycles. The first-order chi connectivity index (χ1) is 17.8. The molecule has 0 amide bonds. The molecule has 37 heavy (non-hydrogen) atoms. The van der Waals surface area contributed by atoms with Crippen LogP contribution in [-0.4, -0.2) is 18.0 Å². The van der Waals surface area contributed by atoms with Gasteiger partial charge in [-0.3, -0.25) is 4.79 Å². The number of hydrogen-bond acceptors (Lipinski definition) is 4. The molecule has 0 N–H and O–H groups in total. The van der Waals surface area contributed by atoms with Crippen molar-refractivity contribution >= 4 is 5.78 Å². The van der Waals surface area contributed by atoms with Gasteiger partial charge in [0.15, 0.2) is 5.78 Å². The summed E-state index contributed by atoms with van der Waals surface area (Å²) < 4.78 is 19.6. The third-order valence-corrected chi connectivity index (χ3v) is 7.91. The average Bonchev–Trinajstić information content (AvgIpc) is 2.89. The van der Waals surface area contributed by atoms with Crippen molar-refractivity contribution in [3.8, 4) is 5.75 Å². The highest BCUT2D eigenvalue weighted by Crippen LogP contribution is 2.45. The second kappa shape index (κ2) is 12.1. The zero-order valence-electron chi connectivity index (χ0n) is 23.0.